The fourth-order valence-electron chi connectivity index (χ4n) is 2.71. The first kappa shape index (κ1) is 17.0. The lowest BCUT2D eigenvalue weighted by Crippen LogP contribution is -2.37. The molecule has 0 aromatic heterocycles. The van der Waals surface area contributed by atoms with Crippen LogP contribution in [0.15, 0.2) is 54.7 Å². The van der Waals surface area contributed by atoms with E-state index in [9.17, 15) is 4.79 Å². The van der Waals surface area contributed by atoms with Gasteiger partial charge in [0.25, 0.3) is 0 Å². The lowest BCUT2D eigenvalue weighted by atomic mass is 10.1. The number of carbonyl (C=O) groups excluding carboxylic acids is 1. The number of ether oxygens (including phenoxy) is 1. The van der Waals surface area contributed by atoms with Gasteiger partial charge >= 0.3 is 6.03 Å². The summed E-state index contributed by atoms with van der Waals surface area (Å²) in [6, 6.07) is 15.7. The number of carbonyl (C=O) groups is 1. The SMILES string of the molecule is Cc1ccc(/C=C/NC(=O)Nc2ccccc2N2CCOCC2)cc1. The van der Waals surface area contributed by atoms with Crippen molar-refractivity contribution in [3.8, 4) is 0 Å². The fourth-order valence-corrected chi connectivity index (χ4v) is 2.71. The Balaban J connectivity index is 1.60. The molecule has 1 aliphatic heterocycles. The number of aryl methyl sites for hydroxylation is 1. The van der Waals surface area contributed by atoms with Gasteiger partial charge in [-0.05, 0) is 30.7 Å². The predicted octanol–water partition coefficient (Wildman–Crippen LogP) is 3.62. The highest BCUT2D eigenvalue weighted by Gasteiger charge is 2.15. The summed E-state index contributed by atoms with van der Waals surface area (Å²) in [5.41, 5.74) is 4.07. The van der Waals surface area contributed by atoms with Gasteiger partial charge in [0.2, 0.25) is 0 Å². The number of amides is 2. The van der Waals surface area contributed by atoms with Crippen molar-refractivity contribution in [1.82, 2.24) is 5.32 Å². The smallest absolute Gasteiger partial charge is 0.323 e. The molecule has 5 heteroatoms. The minimum absolute atomic E-state index is 0.260. The lowest BCUT2D eigenvalue weighted by molar-refractivity contribution is 0.123. The lowest BCUT2D eigenvalue weighted by Gasteiger charge is -2.30. The van der Waals surface area contributed by atoms with Crippen LogP contribution in [-0.2, 0) is 4.74 Å². The maximum absolute atomic E-state index is 12.2. The molecular weight excluding hydrogens is 314 g/mol. The van der Waals surface area contributed by atoms with Crippen molar-refractivity contribution in [2.75, 3.05) is 36.5 Å². The molecule has 2 aromatic carbocycles. The number of hydrogen-bond donors (Lipinski definition) is 2. The summed E-state index contributed by atoms with van der Waals surface area (Å²) >= 11 is 0. The van der Waals surface area contributed by atoms with E-state index in [0.717, 1.165) is 30.0 Å². The van der Waals surface area contributed by atoms with Gasteiger partial charge in [0, 0.05) is 19.3 Å². The molecule has 130 valence electrons. The van der Waals surface area contributed by atoms with Crippen LogP contribution in [0, 0.1) is 6.92 Å². The van der Waals surface area contributed by atoms with E-state index in [0.29, 0.717) is 13.2 Å². The highest BCUT2D eigenvalue weighted by atomic mass is 16.5. The third-order valence-electron chi connectivity index (χ3n) is 4.07. The molecule has 0 spiro atoms. The average Bonchev–Trinajstić information content (AvgIpc) is 2.64. The van der Waals surface area contributed by atoms with Gasteiger partial charge in [0.05, 0.1) is 24.6 Å². The van der Waals surface area contributed by atoms with E-state index in [4.69, 9.17) is 4.74 Å². The number of anilines is 2. The molecule has 3 rings (SSSR count). The van der Waals surface area contributed by atoms with Gasteiger partial charge in [-0.1, -0.05) is 42.0 Å². The van der Waals surface area contributed by atoms with Crippen LogP contribution in [0.1, 0.15) is 11.1 Å². The van der Waals surface area contributed by atoms with Gasteiger partial charge in [0.1, 0.15) is 0 Å². The van der Waals surface area contributed by atoms with Crippen LogP contribution in [0.2, 0.25) is 0 Å². The van der Waals surface area contributed by atoms with Crippen molar-refractivity contribution in [2.24, 2.45) is 0 Å². The number of urea groups is 1. The van der Waals surface area contributed by atoms with Crippen molar-refractivity contribution in [2.45, 2.75) is 6.92 Å². The zero-order valence-electron chi connectivity index (χ0n) is 14.4. The van der Waals surface area contributed by atoms with E-state index in [2.05, 4.69) is 15.5 Å². The summed E-state index contributed by atoms with van der Waals surface area (Å²) < 4.78 is 5.39. The number of benzene rings is 2. The molecule has 2 amide bonds. The Morgan fingerprint density at radius 2 is 1.80 bits per heavy atom. The molecular formula is C20H23N3O2. The molecule has 2 aromatic rings. The van der Waals surface area contributed by atoms with E-state index >= 15 is 0 Å². The number of para-hydroxylation sites is 2. The van der Waals surface area contributed by atoms with Gasteiger partial charge in [0.15, 0.2) is 0 Å². The topological polar surface area (TPSA) is 53.6 Å². The van der Waals surface area contributed by atoms with E-state index in [-0.39, 0.29) is 6.03 Å². The Kier molecular flexibility index (Phi) is 5.69. The van der Waals surface area contributed by atoms with Gasteiger partial charge in [-0.15, -0.1) is 0 Å². The molecule has 0 bridgehead atoms. The zero-order chi connectivity index (χ0) is 17.5. The third-order valence-corrected chi connectivity index (χ3v) is 4.07. The van der Waals surface area contributed by atoms with E-state index in [1.54, 1.807) is 6.20 Å². The van der Waals surface area contributed by atoms with Gasteiger partial charge in [-0.25, -0.2) is 4.79 Å². The summed E-state index contributed by atoms with van der Waals surface area (Å²) in [6.45, 7) is 5.12. The fraction of sp³-hybridized carbons (Fsp3) is 0.250. The van der Waals surface area contributed by atoms with Crippen LogP contribution >= 0.6 is 0 Å². The van der Waals surface area contributed by atoms with Crippen molar-refractivity contribution >= 4 is 23.5 Å². The van der Waals surface area contributed by atoms with Crippen molar-refractivity contribution in [3.63, 3.8) is 0 Å². The highest BCUT2D eigenvalue weighted by Crippen LogP contribution is 2.26. The van der Waals surface area contributed by atoms with Crippen molar-refractivity contribution in [1.29, 1.82) is 0 Å². The van der Waals surface area contributed by atoms with Crippen LogP contribution in [0.5, 0.6) is 0 Å². The highest BCUT2D eigenvalue weighted by molar-refractivity contribution is 5.94. The number of morpholine rings is 1. The number of nitrogens with one attached hydrogen (secondary N) is 2. The minimum atomic E-state index is -0.260. The zero-order valence-corrected chi connectivity index (χ0v) is 14.4. The van der Waals surface area contributed by atoms with Crippen molar-refractivity contribution in [3.05, 3.63) is 65.9 Å². The van der Waals surface area contributed by atoms with E-state index in [1.165, 1.54) is 5.56 Å². The second-order valence-electron chi connectivity index (χ2n) is 5.96. The molecule has 2 N–H and O–H groups in total. The van der Waals surface area contributed by atoms with Crippen LogP contribution in [0.25, 0.3) is 6.08 Å². The molecule has 0 unspecified atom stereocenters. The first-order chi connectivity index (χ1) is 12.2. The molecule has 1 saturated heterocycles. The second kappa shape index (κ2) is 8.35. The van der Waals surface area contributed by atoms with E-state index in [1.807, 2.05) is 61.5 Å². The first-order valence-electron chi connectivity index (χ1n) is 8.45. The molecule has 0 radical (unpaired) electrons. The summed E-state index contributed by atoms with van der Waals surface area (Å²) in [5, 5.41) is 5.67. The largest absolute Gasteiger partial charge is 0.378 e. The maximum atomic E-state index is 12.2. The van der Waals surface area contributed by atoms with Gasteiger partial charge in [-0.3, -0.25) is 0 Å². The minimum Gasteiger partial charge on any atom is -0.378 e. The Morgan fingerprint density at radius 1 is 1.08 bits per heavy atom. The molecule has 0 atom stereocenters. The first-order valence-corrected chi connectivity index (χ1v) is 8.45. The van der Waals surface area contributed by atoms with Gasteiger partial charge < -0.3 is 20.3 Å². The number of hydrogen-bond acceptors (Lipinski definition) is 3. The Hall–Kier alpha value is -2.79. The molecule has 0 saturated carbocycles. The predicted molar refractivity (Wildman–Crippen MR) is 102 cm³/mol. The molecule has 0 aliphatic carbocycles. The molecule has 1 heterocycles. The quantitative estimate of drug-likeness (QED) is 0.896. The van der Waals surface area contributed by atoms with Crippen LogP contribution in [-0.4, -0.2) is 32.3 Å². The van der Waals surface area contributed by atoms with Gasteiger partial charge in [-0.2, -0.15) is 0 Å². The Labute approximate surface area is 148 Å². The number of nitrogens with zero attached hydrogens (tertiary/aromatic N) is 1. The molecule has 5 nitrogen and oxygen atoms in total. The summed E-state index contributed by atoms with van der Waals surface area (Å²) in [4.78, 5) is 14.4. The molecule has 1 aliphatic rings. The summed E-state index contributed by atoms with van der Waals surface area (Å²) in [5.74, 6) is 0. The van der Waals surface area contributed by atoms with Crippen LogP contribution < -0.4 is 15.5 Å². The third kappa shape index (κ3) is 4.84. The molecule has 1 fully saturated rings. The van der Waals surface area contributed by atoms with E-state index < -0.39 is 0 Å². The Morgan fingerprint density at radius 3 is 2.56 bits per heavy atom. The standard InChI is InChI=1S/C20H23N3O2/c1-16-6-8-17(9-7-16)10-11-21-20(24)22-18-4-2-3-5-19(18)23-12-14-25-15-13-23/h2-11H,12-15H2,1H3,(H2,21,22,24)/b11-10+. The molecule has 25 heavy (non-hydrogen) atoms. The van der Waals surface area contributed by atoms with Crippen LogP contribution in [0.4, 0.5) is 16.2 Å². The second-order valence-corrected chi connectivity index (χ2v) is 5.96. The monoisotopic (exact) mass is 337 g/mol. The van der Waals surface area contributed by atoms with Crippen LogP contribution in [0.3, 0.4) is 0 Å². The summed E-state index contributed by atoms with van der Waals surface area (Å²) in [6.07, 6.45) is 3.52. The summed E-state index contributed by atoms with van der Waals surface area (Å²) in [7, 11) is 0. The Bertz CT molecular complexity index is 735. The van der Waals surface area contributed by atoms with Crippen molar-refractivity contribution < 1.29 is 9.53 Å². The average molecular weight is 337 g/mol. The normalized spacial score (nSPS) is 14.5. The maximum Gasteiger partial charge on any atom is 0.323 e. The number of rotatable bonds is 4.